The molecule has 7 heteroatoms. The molecule has 1 aliphatic carbocycles. The molecule has 0 radical (unpaired) electrons. The van der Waals surface area contributed by atoms with Crippen molar-refractivity contribution >= 4 is 23.3 Å². The van der Waals surface area contributed by atoms with E-state index in [4.69, 9.17) is 5.11 Å². The summed E-state index contributed by atoms with van der Waals surface area (Å²) >= 11 is 0. The average Bonchev–Trinajstić information content (AvgIpc) is 2.69. The number of rotatable bonds is 6. The van der Waals surface area contributed by atoms with Crippen LogP contribution in [0.2, 0.25) is 0 Å². The second kappa shape index (κ2) is 9.19. The van der Waals surface area contributed by atoms with E-state index in [1.54, 1.807) is 0 Å². The molecule has 1 aromatic rings. The maximum atomic E-state index is 12.6. The van der Waals surface area contributed by atoms with Crippen LogP contribution < -0.4 is 10.2 Å². The van der Waals surface area contributed by atoms with Gasteiger partial charge in [-0.05, 0) is 37.1 Å². The summed E-state index contributed by atoms with van der Waals surface area (Å²) in [7, 11) is 0. The third-order valence-electron chi connectivity index (χ3n) is 5.71. The van der Waals surface area contributed by atoms with Crippen LogP contribution >= 0.6 is 0 Å². The Hall–Kier alpha value is -2.12. The Bertz CT molecular complexity index is 641. The van der Waals surface area contributed by atoms with Crippen LogP contribution in [0.5, 0.6) is 0 Å². The number of anilines is 2. The van der Waals surface area contributed by atoms with Crippen molar-refractivity contribution in [1.82, 2.24) is 4.90 Å². The van der Waals surface area contributed by atoms with Crippen LogP contribution in [0.15, 0.2) is 24.3 Å². The number of nitrogens with zero attached hydrogens (tertiary/aromatic N) is 2. The first-order valence-electron chi connectivity index (χ1n) is 9.80. The Morgan fingerprint density at radius 2 is 1.63 bits per heavy atom. The molecule has 2 aliphatic rings. The highest BCUT2D eigenvalue weighted by Gasteiger charge is 2.35. The van der Waals surface area contributed by atoms with E-state index in [9.17, 15) is 14.7 Å². The van der Waals surface area contributed by atoms with Crippen LogP contribution in [0.3, 0.4) is 0 Å². The van der Waals surface area contributed by atoms with Gasteiger partial charge >= 0.3 is 5.97 Å². The molecule has 1 saturated heterocycles. The SMILES string of the molecule is O=C(O)[C@@H]1CCCC[C@H]1C(=O)Nc1ccc(N2CCN(CCO)CC2)cc1. The van der Waals surface area contributed by atoms with Gasteiger partial charge in [-0.15, -0.1) is 0 Å². The van der Waals surface area contributed by atoms with E-state index >= 15 is 0 Å². The van der Waals surface area contributed by atoms with Crippen molar-refractivity contribution in [3.63, 3.8) is 0 Å². The van der Waals surface area contributed by atoms with E-state index in [1.807, 2.05) is 24.3 Å². The van der Waals surface area contributed by atoms with E-state index in [1.165, 1.54) is 0 Å². The fourth-order valence-corrected chi connectivity index (χ4v) is 4.10. The summed E-state index contributed by atoms with van der Waals surface area (Å²) in [5.41, 5.74) is 1.81. The lowest BCUT2D eigenvalue weighted by Gasteiger charge is -2.35. The van der Waals surface area contributed by atoms with Crippen LogP contribution in [-0.2, 0) is 9.59 Å². The molecule has 1 heterocycles. The summed E-state index contributed by atoms with van der Waals surface area (Å²) in [5, 5.41) is 21.3. The topological polar surface area (TPSA) is 93.1 Å². The Kier molecular flexibility index (Phi) is 6.68. The zero-order chi connectivity index (χ0) is 19.2. The fourth-order valence-electron chi connectivity index (χ4n) is 4.10. The van der Waals surface area contributed by atoms with E-state index in [2.05, 4.69) is 15.1 Å². The van der Waals surface area contributed by atoms with E-state index in [-0.39, 0.29) is 12.5 Å². The molecule has 0 unspecified atom stereocenters. The third kappa shape index (κ3) is 4.99. The van der Waals surface area contributed by atoms with Gasteiger partial charge in [0.25, 0.3) is 0 Å². The van der Waals surface area contributed by atoms with Gasteiger partial charge in [0.15, 0.2) is 0 Å². The Morgan fingerprint density at radius 1 is 1.00 bits per heavy atom. The lowest BCUT2D eigenvalue weighted by atomic mass is 9.78. The maximum Gasteiger partial charge on any atom is 0.307 e. The first kappa shape index (κ1) is 19.6. The van der Waals surface area contributed by atoms with Gasteiger partial charge in [-0.3, -0.25) is 14.5 Å². The minimum absolute atomic E-state index is 0.188. The van der Waals surface area contributed by atoms with Crippen LogP contribution in [-0.4, -0.2) is 66.3 Å². The summed E-state index contributed by atoms with van der Waals surface area (Å²) in [5.74, 6) is -2.08. The highest BCUT2D eigenvalue weighted by atomic mass is 16.4. The molecule has 0 aromatic heterocycles. The number of carboxylic acids is 1. The first-order chi connectivity index (χ1) is 13.1. The number of aliphatic hydroxyl groups excluding tert-OH is 1. The number of benzene rings is 1. The van der Waals surface area contributed by atoms with Gasteiger partial charge in [0.2, 0.25) is 5.91 Å². The lowest BCUT2D eigenvalue weighted by Crippen LogP contribution is -2.47. The number of piperazine rings is 1. The van der Waals surface area contributed by atoms with Gasteiger partial charge in [0.1, 0.15) is 0 Å². The van der Waals surface area contributed by atoms with Gasteiger partial charge in [-0.1, -0.05) is 12.8 Å². The minimum atomic E-state index is -0.870. The highest BCUT2D eigenvalue weighted by Crippen LogP contribution is 2.31. The number of carbonyl (C=O) groups excluding carboxylic acids is 1. The molecule has 2 fully saturated rings. The molecule has 1 saturated carbocycles. The number of β-amino-alcohol motifs (C(OH)–C–C–N with tert-alkyl or cyclic N) is 1. The molecule has 2 atom stereocenters. The summed E-state index contributed by atoms with van der Waals surface area (Å²) in [6, 6.07) is 7.75. The molecule has 0 spiro atoms. The first-order valence-corrected chi connectivity index (χ1v) is 9.80. The van der Waals surface area contributed by atoms with Crippen LogP contribution in [0.25, 0.3) is 0 Å². The van der Waals surface area contributed by atoms with Crippen molar-refractivity contribution in [2.45, 2.75) is 25.7 Å². The number of carboxylic acid groups (broad SMARTS) is 1. The molecule has 0 bridgehead atoms. The molecular formula is C20H29N3O4. The Balaban J connectivity index is 1.56. The molecular weight excluding hydrogens is 346 g/mol. The maximum absolute atomic E-state index is 12.6. The fraction of sp³-hybridized carbons (Fsp3) is 0.600. The summed E-state index contributed by atoms with van der Waals surface area (Å²) in [6.07, 6.45) is 3.00. The molecule has 3 rings (SSSR count). The average molecular weight is 375 g/mol. The number of aliphatic carboxylic acids is 1. The predicted molar refractivity (Wildman–Crippen MR) is 104 cm³/mol. The number of aliphatic hydroxyl groups is 1. The van der Waals surface area contributed by atoms with Crippen LogP contribution in [0.1, 0.15) is 25.7 Å². The van der Waals surface area contributed by atoms with E-state index in [0.717, 1.165) is 51.3 Å². The number of amides is 1. The van der Waals surface area contributed by atoms with Crippen molar-refractivity contribution < 1.29 is 19.8 Å². The summed E-state index contributed by atoms with van der Waals surface area (Å²) in [4.78, 5) is 28.5. The molecule has 27 heavy (non-hydrogen) atoms. The smallest absolute Gasteiger partial charge is 0.307 e. The standard InChI is InChI=1S/C20H29N3O4/c24-14-13-22-9-11-23(12-10-22)16-7-5-15(6-8-16)21-19(25)17-3-1-2-4-18(17)20(26)27/h5-8,17-18,24H,1-4,9-14H2,(H,21,25)(H,26,27)/t17-,18-/m1/s1. The van der Waals surface area contributed by atoms with E-state index in [0.29, 0.717) is 18.5 Å². The van der Waals surface area contributed by atoms with Crippen molar-refractivity contribution in [2.24, 2.45) is 11.8 Å². The van der Waals surface area contributed by atoms with Gasteiger partial charge in [0, 0.05) is 44.1 Å². The monoisotopic (exact) mass is 375 g/mol. The predicted octanol–water partition coefficient (Wildman–Crippen LogP) is 1.63. The number of nitrogens with one attached hydrogen (secondary N) is 1. The highest BCUT2D eigenvalue weighted by molar-refractivity contribution is 5.95. The number of hydrogen-bond acceptors (Lipinski definition) is 5. The van der Waals surface area contributed by atoms with Gasteiger partial charge in [0.05, 0.1) is 18.4 Å². The van der Waals surface area contributed by atoms with Crippen molar-refractivity contribution in [3.8, 4) is 0 Å². The molecule has 1 aromatic carbocycles. The van der Waals surface area contributed by atoms with Crippen LogP contribution in [0.4, 0.5) is 11.4 Å². The number of carbonyl (C=O) groups is 2. The number of hydrogen-bond donors (Lipinski definition) is 3. The van der Waals surface area contributed by atoms with Gasteiger partial charge in [-0.25, -0.2) is 0 Å². The minimum Gasteiger partial charge on any atom is -0.481 e. The Morgan fingerprint density at radius 3 is 2.22 bits per heavy atom. The third-order valence-corrected chi connectivity index (χ3v) is 5.71. The molecule has 7 nitrogen and oxygen atoms in total. The zero-order valence-electron chi connectivity index (χ0n) is 15.6. The lowest BCUT2D eigenvalue weighted by molar-refractivity contribution is -0.147. The summed E-state index contributed by atoms with van der Waals surface area (Å²) < 4.78 is 0. The molecule has 1 aliphatic heterocycles. The van der Waals surface area contributed by atoms with Crippen molar-refractivity contribution in [1.29, 1.82) is 0 Å². The second-order valence-corrected chi connectivity index (χ2v) is 7.42. The molecule has 148 valence electrons. The largest absolute Gasteiger partial charge is 0.481 e. The normalized spacial score (nSPS) is 23.8. The zero-order valence-corrected chi connectivity index (χ0v) is 15.6. The van der Waals surface area contributed by atoms with Crippen molar-refractivity contribution in [3.05, 3.63) is 24.3 Å². The summed E-state index contributed by atoms with van der Waals surface area (Å²) in [6.45, 7) is 4.59. The Labute approximate surface area is 160 Å². The van der Waals surface area contributed by atoms with E-state index < -0.39 is 17.8 Å². The van der Waals surface area contributed by atoms with Gasteiger partial charge in [-0.2, -0.15) is 0 Å². The quantitative estimate of drug-likeness (QED) is 0.700. The molecule has 3 N–H and O–H groups in total. The second-order valence-electron chi connectivity index (χ2n) is 7.42. The van der Waals surface area contributed by atoms with Gasteiger partial charge < -0.3 is 20.4 Å². The van der Waals surface area contributed by atoms with Crippen molar-refractivity contribution in [2.75, 3.05) is 49.5 Å². The molecule has 1 amide bonds. The van der Waals surface area contributed by atoms with Crippen LogP contribution in [0, 0.1) is 11.8 Å².